The number of nitrogens with zero attached hydrogens (tertiary/aromatic N) is 1. The molecule has 0 unspecified atom stereocenters. The van der Waals surface area contributed by atoms with E-state index in [0.29, 0.717) is 12.5 Å². The molecule has 78 valence electrons. The predicted molar refractivity (Wildman–Crippen MR) is 51.8 cm³/mol. The molecular formula is C10H16N2O2. The van der Waals surface area contributed by atoms with Crippen LogP contribution in [0.4, 0.5) is 0 Å². The fraction of sp³-hybridized carbons (Fsp3) is 0.700. The quantitative estimate of drug-likeness (QED) is 0.785. The highest BCUT2D eigenvalue weighted by molar-refractivity contribution is 4.87. The van der Waals surface area contributed by atoms with Crippen LogP contribution in [0, 0.1) is 5.92 Å². The van der Waals surface area contributed by atoms with Crippen LogP contribution < -0.4 is 5.32 Å². The van der Waals surface area contributed by atoms with Gasteiger partial charge in [-0.1, -0.05) is 0 Å². The summed E-state index contributed by atoms with van der Waals surface area (Å²) in [5.41, 5.74) is 0.869. The lowest BCUT2D eigenvalue weighted by atomic mass is 10.0. The van der Waals surface area contributed by atoms with Crippen LogP contribution in [0.1, 0.15) is 18.5 Å². The van der Waals surface area contributed by atoms with Crippen LogP contribution in [-0.4, -0.2) is 24.7 Å². The summed E-state index contributed by atoms with van der Waals surface area (Å²) in [6.07, 6.45) is 5.59. The molecule has 1 saturated heterocycles. The minimum Gasteiger partial charge on any atom is -0.451 e. The highest BCUT2D eigenvalue weighted by Crippen LogP contribution is 2.10. The molecule has 1 N–H and O–H groups in total. The highest BCUT2D eigenvalue weighted by Gasteiger charge is 2.12. The van der Waals surface area contributed by atoms with Crippen molar-refractivity contribution in [2.45, 2.75) is 19.4 Å². The number of oxazole rings is 1. The monoisotopic (exact) mass is 196 g/mol. The molecule has 14 heavy (non-hydrogen) atoms. The van der Waals surface area contributed by atoms with E-state index in [-0.39, 0.29) is 0 Å². The maximum absolute atomic E-state index is 5.56. The summed E-state index contributed by atoms with van der Waals surface area (Å²) >= 11 is 0. The summed E-state index contributed by atoms with van der Waals surface area (Å²) in [6.45, 7) is 3.62. The second-order valence-corrected chi connectivity index (χ2v) is 3.71. The van der Waals surface area contributed by atoms with Crippen LogP contribution in [0.25, 0.3) is 0 Å². The number of piperidine rings is 1. The molecule has 1 aliphatic heterocycles. The zero-order valence-corrected chi connectivity index (χ0v) is 8.24. The summed E-state index contributed by atoms with van der Waals surface area (Å²) < 4.78 is 10.4. The Labute approximate surface area is 83.7 Å². The number of aromatic nitrogens is 1. The lowest BCUT2D eigenvalue weighted by Crippen LogP contribution is -2.32. The number of hydrogen-bond acceptors (Lipinski definition) is 4. The van der Waals surface area contributed by atoms with Crippen LogP contribution >= 0.6 is 0 Å². The van der Waals surface area contributed by atoms with Gasteiger partial charge < -0.3 is 14.5 Å². The van der Waals surface area contributed by atoms with E-state index in [1.54, 1.807) is 6.26 Å². The number of hydrogen-bond donors (Lipinski definition) is 1. The van der Waals surface area contributed by atoms with Crippen LogP contribution in [0.5, 0.6) is 0 Å². The van der Waals surface area contributed by atoms with Gasteiger partial charge in [0.2, 0.25) is 0 Å². The first-order valence-electron chi connectivity index (χ1n) is 5.10. The van der Waals surface area contributed by atoms with Gasteiger partial charge >= 0.3 is 0 Å². The maximum Gasteiger partial charge on any atom is 0.180 e. The Hall–Kier alpha value is -0.870. The van der Waals surface area contributed by atoms with Crippen LogP contribution in [0.2, 0.25) is 0 Å². The van der Waals surface area contributed by atoms with E-state index in [4.69, 9.17) is 9.15 Å². The lowest BCUT2D eigenvalue weighted by molar-refractivity contribution is 0.0763. The maximum atomic E-state index is 5.56. The standard InChI is InChI=1S/C10H16N2O2/c1-2-9(4-11-3-1)5-13-6-10-7-14-8-12-10/h7-9,11H,1-6H2/t9-/m1/s1. The third-order valence-electron chi connectivity index (χ3n) is 2.49. The van der Waals surface area contributed by atoms with E-state index < -0.39 is 0 Å². The summed E-state index contributed by atoms with van der Waals surface area (Å²) in [4.78, 5) is 3.99. The molecule has 2 heterocycles. The van der Waals surface area contributed by atoms with Gasteiger partial charge in [0.1, 0.15) is 12.0 Å². The summed E-state index contributed by atoms with van der Waals surface area (Å²) in [6, 6.07) is 0. The zero-order chi connectivity index (χ0) is 9.64. The van der Waals surface area contributed by atoms with E-state index in [1.165, 1.54) is 19.2 Å². The average Bonchev–Trinajstić information content (AvgIpc) is 2.72. The van der Waals surface area contributed by atoms with Crippen molar-refractivity contribution < 1.29 is 9.15 Å². The SMILES string of the molecule is c1nc(COC[C@@H]2CCCNC2)co1. The van der Waals surface area contributed by atoms with Crippen molar-refractivity contribution in [3.05, 3.63) is 18.4 Å². The second-order valence-electron chi connectivity index (χ2n) is 3.71. The van der Waals surface area contributed by atoms with Crippen molar-refractivity contribution >= 4 is 0 Å². The summed E-state index contributed by atoms with van der Waals surface area (Å²) in [5.74, 6) is 0.663. The van der Waals surface area contributed by atoms with E-state index in [2.05, 4.69) is 10.3 Å². The molecule has 1 aromatic heterocycles. The normalized spacial score (nSPS) is 22.4. The van der Waals surface area contributed by atoms with E-state index >= 15 is 0 Å². The number of rotatable bonds is 4. The van der Waals surface area contributed by atoms with Crippen molar-refractivity contribution in [3.8, 4) is 0 Å². The van der Waals surface area contributed by atoms with Crippen molar-refractivity contribution in [2.75, 3.05) is 19.7 Å². The molecule has 2 rings (SSSR count). The molecule has 1 aromatic rings. The first kappa shape index (κ1) is 9.68. The molecule has 4 heteroatoms. The van der Waals surface area contributed by atoms with Gasteiger partial charge in [-0.3, -0.25) is 0 Å². The molecule has 0 aromatic carbocycles. The molecule has 1 fully saturated rings. The van der Waals surface area contributed by atoms with Gasteiger partial charge in [-0.05, 0) is 25.3 Å². The molecule has 0 amide bonds. The first-order chi connectivity index (χ1) is 6.95. The third-order valence-corrected chi connectivity index (χ3v) is 2.49. The van der Waals surface area contributed by atoms with Gasteiger partial charge in [0.05, 0.1) is 13.2 Å². The smallest absolute Gasteiger partial charge is 0.180 e. The molecule has 1 aliphatic rings. The molecule has 0 spiro atoms. The van der Waals surface area contributed by atoms with E-state index in [0.717, 1.165) is 25.4 Å². The molecule has 0 radical (unpaired) electrons. The van der Waals surface area contributed by atoms with Crippen molar-refractivity contribution in [2.24, 2.45) is 5.92 Å². The van der Waals surface area contributed by atoms with Crippen LogP contribution in [-0.2, 0) is 11.3 Å². The van der Waals surface area contributed by atoms with Crippen LogP contribution in [0.3, 0.4) is 0 Å². The Bertz CT molecular complexity index is 243. The molecule has 0 saturated carbocycles. The van der Waals surface area contributed by atoms with Gasteiger partial charge in [0.15, 0.2) is 6.39 Å². The Morgan fingerprint density at radius 2 is 2.64 bits per heavy atom. The summed E-state index contributed by atoms with van der Waals surface area (Å²) in [5, 5.41) is 3.36. The van der Waals surface area contributed by atoms with E-state index in [9.17, 15) is 0 Å². The van der Waals surface area contributed by atoms with Crippen molar-refractivity contribution in [1.82, 2.24) is 10.3 Å². The largest absolute Gasteiger partial charge is 0.451 e. The van der Waals surface area contributed by atoms with E-state index in [1.807, 2.05) is 0 Å². The Morgan fingerprint density at radius 3 is 3.36 bits per heavy atom. The fourth-order valence-electron chi connectivity index (χ4n) is 1.71. The Morgan fingerprint density at radius 1 is 1.64 bits per heavy atom. The zero-order valence-electron chi connectivity index (χ0n) is 8.24. The minimum atomic E-state index is 0.562. The molecule has 4 nitrogen and oxygen atoms in total. The Kier molecular flexibility index (Phi) is 3.54. The van der Waals surface area contributed by atoms with Crippen molar-refractivity contribution in [1.29, 1.82) is 0 Å². The first-order valence-corrected chi connectivity index (χ1v) is 5.10. The van der Waals surface area contributed by atoms with Gasteiger partial charge in [-0.15, -0.1) is 0 Å². The topological polar surface area (TPSA) is 47.3 Å². The molecule has 0 aliphatic carbocycles. The fourth-order valence-corrected chi connectivity index (χ4v) is 1.71. The molecule has 0 bridgehead atoms. The minimum absolute atomic E-state index is 0.562. The third kappa shape index (κ3) is 2.82. The number of nitrogens with one attached hydrogen (secondary N) is 1. The molecular weight excluding hydrogens is 180 g/mol. The summed E-state index contributed by atoms with van der Waals surface area (Å²) in [7, 11) is 0. The van der Waals surface area contributed by atoms with Crippen molar-refractivity contribution in [3.63, 3.8) is 0 Å². The van der Waals surface area contributed by atoms with Gasteiger partial charge in [-0.2, -0.15) is 0 Å². The van der Waals surface area contributed by atoms with Gasteiger partial charge in [0, 0.05) is 6.54 Å². The number of ether oxygens (including phenoxy) is 1. The van der Waals surface area contributed by atoms with Crippen LogP contribution in [0.15, 0.2) is 17.1 Å². The second kappa shape index (κ2) is 5.12. The molecule has 1 atom stereocenters. The Balaban J connectivity index is 1.62. The predicted octanol–water partition coefficient (Wildman–Crippen LogP) is 1.19. The highest BCUT2D eigenvalue weighted by atomic mass is 16.5. The average molecular weight is 196 g/mol. The lowest BCUT2D eigenvalue weighted by Gasteiger charge is -2.22. The van der Waals surface area contributed by atoms with Gasteiger partial charge in [-0.25, -0.2) is 4.98 Å². The van der Waals surface area contributed by atoms with Gasteiger partial charge in [0.25, 0.3) is 0 Å².